The summed E-state index contributed by atoms with van der Waals surface area (Å²) in [5.41, 5.74) is 1.59. The third-order valence-electron chi connectivity index (χ3n) is 3.96. The van der Waals surface area contributed by atoms with Gasteiger partial charge in [-0.2, -0.15) is 0 Å². The summed E-state index contributed by atoms with van der Waals surface area (Å²) in [7, 11) is 0. The highest BCUT2D eigenvalue weighted by Gasteiger charge is 2.26. The number of nitrogens with zero attached hydrogens (tertiary/aromatic N) is 1. The lowest BCUT2D eigenvalue weighted by molar-refractivity contribution is -0.133. The Hall–Kier alpha value is -1.85. The third-order valence-corrected chi connectivity index (χ3v) is 5.31. The SMILES string of the molecule is C[C@@H](NC(=O)c1ccccc1Cl)C(=O)N1CCc2sccc2C1. The fourth-order valence-corrected chi connectivity index (χ4v) is 3.80. The van der Waals surface area contributed by atoms with Crippen LogP contribution in [0.15, 0.2) is 35.7 Å². The molecule has 0 fully saturated rings. The van der Waals surface area contributed by atoms with Crippen molar-refractivity contribution in [2.24, 2.45) is 0 Å². The van der Waals surface area contributed by atoms with E-state index in [0.29, 0.717) is 23.7 Å². The minimum atomic E-state index is -0.584. The molecule has 1 aliphatic rings. The van der Waals surface area contributed by atoms with Gasteiger partial charge in [0, 0.05) is 18.0 Å². The first kappa shape index (κ1) is 16.0. The fourth-order valence-electron chi connectivity index (χ4n) is 2.69. The van der Waals surface area contributed by atoms with Crippen molar-refractivity contribution in [3.63, 3.8) is 0 Å². The highest BCUT2D eigenvalue weighted by molar-refractivity contribution is 7.10. The lowest BCUT2D eigenvalue weighted by atomic mass is 10.1. The zero-order valence-corrected chi connectivity index (χ0v) is 14.3. The molecule has 1 atom stereocenters. The quantitative estimate of drug-likeness (QED) is 0.926. The van der Waals surface area contributed by atoms with Crippen LogP contribution in [0.25, 0.3) is 0 Å². The van der Waals surface area contributed by atoms with Crippen LogP contribution in [0, 0.1) is 0 Å². The molecule has 1 aromatic heterocycles. The van der Waals surface area contributed by atoms with Crippen LogP contribution in [0.5, 0.6) is 0 Å². The second kappa shape index (κ2) is 6.72. The number of nitrogens with one attached hydrogen (secondary N) is 1. The molecule has 1 N–H and O–H groups in total. The molecule has 0 bridgehead atoms. The van der Waals surface area contributed by atoms with Gasteiger partial charge in [0.15, 0.2) is 0 Å². The standard InChI is InChI=1S/C17H17ClN2O2S/c1-11(19-16(21)13-4-2-3-5-14(13)18)17(22)20-8-6-15-12(10-20)7-9-23-15/h2-5,7,9,11H,6,8,10H2,1H3,(H,19,21)/t11-/m1/s1. The summed E-state index contributed by atoms with van der Waals surface area (Å²) in [5.74, 6) is -0.396. The number of carbonyl (C=O) groups excluding carboxylic acids is 2. The summed E-state index contributed by atoms with van der Waals surface area (Å²) in [6.07, 6.45) is 0.879. The average Bonchev–Trinajstić information content (AvgIpc) is 3.01. The van der Waals surface area contributed by atoms with E-state index in [2.05, 4.69) is 16.8 Å². The van der Waals surface area contributed by atoms with Crippen molar-refractivity contribution >= 4 is 34.8 Å². The molecule has 2 aromatic rings. The minimum Gasteiger partial charge on any atom is -0.340 e. The Balaban J connectivity index is 1.64. The maximum Gasteiger partial charge on any atom is 0.253 e. The summed E-state index contributed by atoms with van der Waals surface area (Å²) in [5, 5.41) is 5.18. The van der Waals surface area contributed by atoms with Gasteiger partial charge in [0.25, 0.3) is 5.91 Å². The number of fused-ring (bicyclic) bond motifs is 1. The zero-order chi connectivity index (χ0) is 16.4. The lowest BCUT2D eigenvalue weighted by Gasteiger charge is -2.29. The summed E-state index contributed by atoms with van der Waals surface area (Å²) in [4.78, 5) is 28.0. The van der Waals surface area contributed by atoms with Crippen LogP contribution < -0.4 is 5.32 Å². The van der Waals surface area contributed by atoms with Crippen molar-refractivity contribution in [2.45, 2.75) is 25.9 Å². The van der Waals surface area contributed by atoms with Gasteiger partial charge in [-0.15, -0.1) is 11.3 Å². The first-order chi connectivity index (χ1) is 11.1. The van der Waals surface area contributed by atoms with E-state index in [-0.39, 0.29) is 11.8 Å². The first-order valence-electron chi connectivity index (χ1n) is 7.45. The molecule has 0 spiro atoms. The molecule has 0 saturated heterocycles. The van der Waals surface area contributed by atoms with E-state index in [1.807, 2.05) is 0 Å². The smallest absolute Gasteiger partial charge is 0.253 e. The second-order valence-electron chi connectivity index (χ2n) is 5.55. The molecular formula is C17H17ClN2O2S. The molecule has 3 rings (SSSR count). The number of halogens is 1. The van der Waals surface area contributed by atoms with Gasteiger partial charge in [-0.05, 0) is 42.5 Å². The van der Waals surface area contributed by atoms with Gasteiger partial charge in [-0.25, -0.2) is 0 Å². The van der Waals surface area contributed by atoms with Crippen molar-refractivity contribution in [3.05, 3.63) is 56.7 Å². The highest BCUT2D eigenvalue weighted by atomic mass is 35.5. The van der Waals surface area contributed by atoms with Gasteiger partial charge in [0.1, 0.15) is 6.04 Å². The lowest BCUT2D eigenvalue weighted by Crippen LogP contribution is -2.48. The topological polar surface area (TPSA) is 49.4 Å². The minimum absolute atomic E-state index is 0.0674. The molecule has 0 saturated carbocycles. The van der Waals surface area contributed by atoms with Crippen LogP contribution in [0.1, 0.15) is 27.7 Å². The third kappa shape index (κ3) is 3.41. The van der Waals surface area contributed by atoms with E-state index in [9.17, 15) is 9.59 Å². The van der Waals surface area contributed by atoms with E-state index in [1.54, 1.807) is 47.4 Å². The van der Waals surface area contributed by atoms with Gasteiger partial charge in [-0.3, -0.25) is 9.59 Å². The zero-order valence-electron chi connectivity index (χ0n) is 12.7. The van der Waals surface area contributed by atoms with Gasteiger partial charge >= 0.3 is 0 Å². The van der Waals surface area contributed by atoms with Crippen molar-refractivity contribution < 1.29 is 9.59 Å². The van der Waals surface area contributed by atoms with E-state index in [4.69, 9.17) is 11.6 Å². The summed E-state index contributed by atoms with van der Waals surface area (Å²) >= 11 is 7.75. The normalized spacial score (nSPS) is 15.0. The summed E-state index contributed by atoms with van der Waals surface area (Å²) < 4.78 is 0. The molecular weight excluding hydrogens is 332 g/mol. The predicted molar refractivity (Wildman–Crippen MR) is 91.8 cm³/mol. The first-order valence-corrected chi connectivity index (χ1v) is 8.71. The monoisotopic (exact) mass is 348 g/mol. The van der Waals surface area contributed by atoms with Crippen LogP contribution in [0.3, 0.4) is 0 Å². The molecule has 2 amide bonds. The Bertz CT molecular complexity index is 744. The van der Waals surface area contributed by atoms with Crippen molar-refractivity contribution in [1.82, 2.24) is 10.2 Å². The molecule has 1 aliphatic heterocycles. The second-order valence-corrected chi connectivity index (χ2v) is 6.96. The maximum absolute atomic E-state index is 12.6. The number of benzene rings is 1. The average molecular weight is 349 g/mol. The number of hydrogen-bond acceptors (Lipinski definition) is 3. The van der Waals surface area contributed by atoms with E-state index < -0.39 is 6.04 Å². The molecule has 23 heavy (non-hydrogen) atoms. The number of rotatable bonds is 3. The van der Waals surface area contributed by atoms with Crippen LogP contribution in [0.2, 0.25) is 5.02 Å². The van der Waals surface area contributed by atoms with E-state index in [0.717, 1.165) is 6.42 Å². The number of thiophene rings is 1. The van der Waals surface area contributed by atoms with Crippen LogP contribution in [-0.4, -0.2) is 29.3 Å². The number of hydrogen-bond donors (Lipinski definition) is 1. The van der Waals surface area contributed by atoms with Gasteiger partial charge in [-0.1, -0.05) is 23.7 Å². The molecule has 4 nitrogen and oxygen atoms in total. The molecule has 120 valence electrons. The van der Waals surface area contributed by atoms with Crippen molar-refractivity contribution in [2.75, 3.05) is 6.54 Å². The number of carbonyl (C=O) groups is 2. The summed E-state index contributed by atoms with van der Waals surface area (Å²) in [6, 6.07) is 8.29. The Morgan fingerprint density at radius 2 is 2.09 bits per heavy atom. The Morgan fingerprint density at radius 1 is 1.30 bits per heavy atom. The fraction of sp³-hybridized carbons (Fsp3) is 0.294. The largest absolute Gasteiger partial charge is 0.340 e. The molecule has 1 aromatic carbocycles. The van der Waals surface area contributed by atoms with Gasteiger partial charge < -0.3 is 10.2 Å². The van der Waals surface area contributed by atoms with Crippen molar-refractivity contribution in [1.29, 1.82) is 0 Å². The van der Waals surface area contributed by atoms with Crippen LogP contribution >= 0.6 is 22.9 Å². The van der Waals surface area contributed by atoms with Gasteiger partial charge in [0.2, 0.25) is 5.91 Å². The maximum atomic E-state index is 12.6. The predicted octanol–water partition coefficient (Wildman–Crippen LogP) is 3.10. The molecule has 6 heteroatoms. The van der Waals surface area contributed by atoms with E-state index in [1.165, 1.54) is 10.4 Å². The van der Waals surface area contributed by atoms with Crippen LogP contribution in [-0.2, 0) is 17.8 Å². The highest BCUT2D eigenvalue weighted by Crippen LogP contribution is 2.24. The van der Waals surface area contributed by atoms with Crippen LogP contribution in [0.4, 0.5) is 0 Å². The van der Waals surface area contributed by atoms with Gasteiger partial charge in [0.05, 0.1) is 10.6 Å². The van der Waals surface area contributed by atoms with Crippen molar-refractivity contribution in [3.8, 4) is 0 Å². The summed E-state index contributed by atoms with van der Waals surface area (Å²) in [6.45, 7) is 3.02. The number of amides is 2. The molecule has 0 radical (unpaired) electrons. The molecule has 2 heterocycles. The molecule has 0 aliphatic carbocycles. The van der Waals surface area contributed by atoms with E-state index >= 15 is 0 Å². The Kier molecular flexibility index (Phi) is 4.68. The Labute approximate surface area is 144 Å². The Morgan fingerprint density at radius 3 is 2.87 bits per heavy atom. The molecule has 0 unspecified atom stereocenters.